The molecule has 0 unspecified atom stereocenters. The van der Waals surface area contributed by atoms with E-state index in [1.165, 1.54) is 24.6 Å². The standard InChI is InChI=1S/C16H16O5/c17-12-4-5-13-11(7-16(19)21-14(13)8-12)6-15(18)20-9-10-2-1-3-10/h4-5,7-8,10,17H,1-3,6,9H2. The molecule has 2 aromatic rings. The summed E-state index contributed by atoms with van der Waals surface area (Å²) in [6.45, 7) is 0.457. The maximum atomic E-state index is 11.9. The van der Waals surface area contributed by atoms with Gasteiger partial charge in [-0.1, -0.05) is 6.42 Å². The number of hydrogen-bond donors (Lipinski definition) is 1. The van der Waals surface area contributed by atoms with E-state index >= 15 is 0 Å². The minimum absolute atomic E-state index is 0.00959. The zero-order valence-electron chi connectivity index (χ0n) is 11.5. The Bertz CT molecular complexity index is 727. The zero-order chi connectivity index (χ0) is 14.8. The van der Waals surface area contributed by atoms with Gasteiger partial charge in [0.1, 0.15) is 11.3 Å². The Morgan fingerprint density at radius 1 is 1.33 bits per heavy atom. The number of carbonyl (C=O) groups excluding carboxylic acids is 1. The molecule has 1 aromatic carbocycles. The first kappa shape index (κ1) is 13.7. The fourth-order valence-electron chi connectivity index (χ4n) is 2.44. The van der Waals surface area contributed by atoms with Crippen LogP contribution in [0.15, 0.2) is 33.5 Å². The first-order chi connectivity index (χ1) is 10.1. The van der Waals surface area contributed by atoms with Gasteiger partial charge in [0.2, 0.25) is 0 Å². The van der Waals surface area contributed by atoms with Gasteiger partial charge in [0.05, 0.1) is 13.0 Å². The van der Waals surface area contributed by atoms with E-state index in [4.69, 9.17) is 9.15 Å². The third kappa shape index (κ3) is 3.07. The summed E-state index contributed by atoms with van der Waals surface area (Å²) >= 11 is 0. The van der Waals surface area contributed by atoms with E-state index in [0.717, 1.165) is 12.8 Å². The highest BCUT2D eigenvalue weighted by molar-refractivity contribution is 5.85. The lowest BCUT2D eigenvalue weighted by atomic mass is 9.86. The number of rotatable bonds is 4. The molecular weight excluding hydrogens is 272 g/mol. The molecule has 1 saturated carbocycles. The lowest BCUT2D eigenvalue weighted by Crippen LogP contribution is -2.21. The Morgan fingerprint density at radius 3 is 2.86 bits per heavy atom. The van der Waals surface area contributed by atoms with E-state index < -0.39 is 5.63 Å². The highest BCUT2D eigenvalue weighted by Gasteiger charge is 2.19. The van der Waals surface area contributed by atoms with Gasteiger partial charge in [-0.2, -0.15) is 0 Å². The molecule has 1 aliphatic carbocycles. The van der Waals surface area contributed by atoms with Crippen LogP contribution in [-0.4, -0.2) is 17.7 Å². The predicted molar refractivity (Wildman–Crippen MR) is 76.2 cm³/mol. The number of benzene rings is 1. The average molecular weight is 288 g/mol. The number of fused-ring (bicyclic) bond motifs is 1. The molecule has 0 bridgehead atoms. The Morgan fingerprint density at radius 2 is 2.14 bits per heavy atom. The molecule has 0 atom stereocenters. The maximum Gasteiger partial charge on any atom is 0.336 e. The number of ether oxygens (including phenoxy) is 1. The van der Waals surface area contributed by atoms with Crippen molar-refractivity contribution < 1.29 is 19.1 Å². The van der Waals surface area contributed by atoms with E-state index in [9.17, 15) is 14.7 Å². The minimum Gasteiger partial charge on any atom is -0.508 e. The molecule has 1 heterocycles. The van der Waals surface area contributed by atoms with Crippen molar-refractivity contribution in [3.05, 3.63) is 40.2 Å². The van der Waals surface area contributed by atoms with Crippen LogP contribution in [-0.2, 0) is 16.0 Å². The van der Waals surface area contributed by atoms with Crippen molar-refractivity contribution in [2.45, 2.75) is 25.7 Å². The fraction of sp³-hybridized carbons (Fsp3) is 0.375. The topological polar surface area (TPSA) is 76.7 Å². The molecular formula is C16H16O5. The molecule has 1 fully saturated rings. The summed E-state index contributed by atoms with van der Waals surface area (Å²) in [5, 5.41) is 10.1. The summed E-state index contributed by atoms with van der Waals surface area (Å²) in [5.74, 6) is 0.153. The summed E-state index contributed by atoms with van der Waals surface area (Å²) in [4.78, 5) is 23.4. The van der Waals surface area contributed by atoms with Gasteiger partial charge in [-0.05, 0) is 36.5 Å². The second-order valence-corrected chi connectivity index (χ2v) is 5.43. The van der Waals surface area contributed by atoms with Gasteiger partial charge in [0.15, 0.2) is 0 Å². The molecule has 0 amide bonds. The third-order valence-corrected chi connectivity index (χ3v) is 3.85. The highest BCUT2D eigenvalue weighted by Crippen LogP contribution is 2.26. The van der Waals surface area contributed by atoms with Crippen LogP contribution >= 0.6 is 0 Å². The highest BCUT2D eigenvalue weighted by atomic mass is 16.5. The molecule has 110 valence electrons. The SMILES string of the molecule is O=C(Cc1cc(=O)oc2cc(O)ccc12)OCC1CCC1. The lowest BCUT2D eigenvalue weighted by molar-refractivity contribution is -0.145. The van der Waals surface area contributed by atoms with Crippen LogP contribution in [0.25, 0.3) is 11.0 Å². The minimum atomic E-state index is -0.546. The second kappa shape index (κ2) is 5.60. The average Bonchev–Trinajstić information content (AvgIpc) is 2.35. The van der Waals surface area contributed by atoms with Crippen molar-refractivity contribution >= 4 is 16.9 Å². The number of phenols is 1. The molecule has 0 aliphatic heterocycles. The second-order valence-electron chi connectivity index (χ2n) is 5.43. The van der Waals surface area contributed by atoms with Crippen LogP contribution in [0.4, 0.5) is 0 Å². The number of esters is 1. The fourth-order valence-corrected chi connectivity index (χ4v) is 2.44. The lowest BCUT2D eigenvalue weighted by Gasteiger charge is -2.24. The van der Waals surface area contributed by atoms with Crippen LogP contribution in [0.2, 0.25) is 0 Å². The van der Waals surface area contributed by atoms with E-state index in [2.05, 4.69) is 0 Å². The number of carbonyl (C=O) groups is 1. The van der Waals surface area contributed by atoms with Crippen LogP contribution < -0.4 is 5.63 Å². The van der Waals surface area contributed by atoms with Crippen molar-refractivity contribution in [2.75, 3.05) is 6.61 Å². The smallest absolute Gasteiger partial charge is 0.336 e. The van der Waals surface area contributed by atoms with Crippen molar-refractivity contribution in [1.82, 2.24) is 0 Å². The van der Waals surface area contributed by atoms with Gasteiger partial charge in [-0.25, -0.2) is 4.79 Å². The summed E-state index contributed by atoms with van der Waals surface area (Å²) in [5.41, 5.74) is 0.277. The normalized spacial score (nSPS) is 14.9. The van der Waals surface area contributed by atoms with Gasteiger partial charge in [-0.3, -0.25) is 4.79 Å². The molecule has 0 saturated heterocycles. The van der Waals surface area contributed by atoms with Crippen molar-refractivity contribution in [3.63, 3.8) is 0 Å². The van der Waals surface area contributed by atoms with Gasteiger partial charge in [-0.15, -0.1) is 0 Å². The Labute approximate surface area is 121 Å². The first-order valence-corrected chi connectivity index (χ1v) is 7.03. The van der Waals surface area contributed by atoms with Crippen LogP contribution in [0.3, 0.4) is 0 Å². The molecule has 1 aromatic heterocycles. The van der Waals surface area contributed by atoms with Crippen LogP contribution in [0.1, 0.15) is 24.8 Å². The number of phenolic OH excluding ortho intramolecular Hbond substituents is 1. The summed E-state index contributed by atoms with van der Waals surface area (Å²) < 4.78 is 10.3. The molecule has 1 aliphatic rings. The summed E-state index contributed by atoms with van der Waals surface area (Å²) in [7, 11) is 0. The maximum absolute atomic E-state index is 11.9. The molecule has 5 nitrogen and oxygen atoms in total. The van der Waals surface area contributed by atoms with E-state index in [-0.39, 0.29) is 23.7 Å². The largest absolute Gasteiger partial charge is 0.508 e. The molecule has 5 heteroatoms. The van der Waals surface area contributed by atoms with Gasteiger partial charge < -0.3 is 14.3 Å². The van der Waals surface area contributed by atoms with E-state index in [0.29, 0.717) is 23.5 Å². The van der Waals surface area contributed by atoms with Crippen molar-refractivity contribution in [2.24, 2.45) is 5.92 Å². The molecule has 21 heavy (non-hydrogen) atoms. The Balaban J connectivity index is 1.79. The zero-order valence-corrected chi connectivity index (χ0v) is 11.5. The quantitative estimate of drug-likeness (QED) is 0.690. The number of hydrogen-bond acceptors (Lipinski definition) is 5. The van der Waals surface area contributed by atoms with Crippen molar-refractivity contribution in [3.8, 4) is 5.75 Å². The van der Waals surface area contributed by atoms with Crippen LogP contribution in [0, 0.1) is 5.92 Å². The van der Waals surface area contributed by atoms with Crippen molar-refractivity contribution in [1.29, 1.82) is 0 Å². The molecule has 3 rings (SSSR count). The molecule has 0 spiro atoms. The van der Waals surface area contributed by atoms with Gasteiger partial charge >= 0.3 is 11.6 Å². The summed E-state index contributed by atoms with van der Waals surface area (Å²) in [6.07, 6.45) is 3.46. The van der Waals surface area contributed by atoms with Crippen LogP contribution in [0.5, 0.6) is 5.75 Å². The van der Waals surface area contributed by atoms with Gasteiger partial charge in [0.25, 0.3) is 0 Å². The predicted octanol–water partition coefficient (Wildman–Crippen LogP) is 2.38. The Hall–Kier alpha value is -2.30. The van der Waals surface area contributed by atoms with E-state index in [1.54, 1.807) is 6.07 Å². The monoisotopic (exact) mass is 288 g/mol. The summed E-state index contributed by atoms with van der Waals surface area (Å²) in [6, 6.07) is 5.78. The molecule has 0 radical (unpaired) electrons. The van der Waals surface area contributed by atoms with E-state index in [1.807, 2.05) is 0 Å². The first-order valence-electron chi connectivity index (χ1n) is 7.03. The Kier molecular flexibility index (Phi) is 3.64. The number of aromatic hydroxyl groups is 1. The molecule has 1 N–H and O–H groups in total. The third-order valence-electron chi connectivity index (χ3n) is 3.85. The van der Waals surface area contributed by atoms with Gasteiger partial charge in [0, 0.05) is 17.5 Å².